The number of anilines is 1. The van der Waals surface area contributed by atoms with Gasteiger partial charge in [0.1, 0.15) is 5.69 Å². The van der Waals surface area contributed by atoms with Crippen LogP contribution in [0.2, 0.25) is 0 Å². The van der Waals surface area contributed by atoms with E-state index >= 15 is 0 Å². The Balaban J connectivity index is 1.92. The number of hydrogen-bond donors (Lipinski definition) is 1. The van der Waals surface area contributed by atoms with E-state index in [0.29, 0.717) is 31.1 Å². The van der Waals surface area contributed by atoms with Crippen LogP contribution < -0.4 is 5.73 Å². The van der Waals surface area contributed by atoms with Crippen LogP contribution in [0.25, 0.3) is 0 Å². The average molecular weight is 278 g/mol. The molecule has 2 N–H and O–H groups in total. The van der Waals surface area contributed by atoms with Crippen molar-refractivity contribution in [3.05, 3.63) is 11.4 Å². The van der Waals surface area contributed by atoms with E-state index in [-0.39, 0.29) is 18.1 Å². The molecule has 1 saturated carbocycles. The molecule has 1 saturated heterocycles. The zero-order valence-corrected chi connectivity index (χ0v) is 12.1. The second kappa shape index (κ2) is 5.09. The van der Waals surface area contributed by atoms with Crippen molar-refractivity contribution in [2.75, 3.05) is 18.9 Å². The SMILES string of the molecule is CCn1nc(C)c(N)c1C(=O)N1CCOC2CCCC21. The minimum Gasteiger partial charge on any atom is -0.395 e. The molecule has 2 atom stereocenters. The van der Waals surface area contributed by atoms with Gasteiger partial charge in [0, 0.05) is 13.1 Å². The van der Waals surface area contributed by atoms with E-state index in [1.165, 1.54) is 0 Å². The van der Waals surface area contributed by atoms with Crippen LogP contribution in [0.5, 0.6) is 0 Å². The van der Waals surface area contributed by atoms with E-state index in [2.05, 4.69) is 5.10 Å². The molecule has 0 spiro atoms. The molecule has 1 aromatic heterocycles. The monoisotopic (exact) mass is 278 g/mol. The van der Waals surface area contributed by atoms with E-state index in [1.54, 1.807) is 4.68 Å². The van der Waals surface area contributed by atoms with Crippen LogP contribution in [0.1, 0.15) is 42.4 Å². The van der Waals surface area contributed by atoms with E-state index in [9.17, 15) is 4.79 Å². The zero-order valence-electron chi connectivity index (χ0n) is 12.1. The van der Waals surface area contributed by atoms with Gasteiger partial charge in [-0.05, 0) is 33.1 Å². The summed E-state index contributed by atoms with van der Waals surface area (Å²) < 4.78 is 7.48. The largest absolute Gasteiger partial charge is 0.395 e. The Bertz CT molecular complexity index is 525. The van der Waals surface area contributed by atoms with Gasteiger partial charge in [0.15, 0.2) is 0 Å². The maximum Gasteiger partial charge on any atom is 0.274 e. The molecule has 6 heteroatoms. The number of morpholine rings is 1. The molecule has 2 unspecified atom stereocenters. The molecule has 3 rings (SSSR count). The lowest BCUT2D eigenvalue weighted by atomic mass is 10.1. The molecule has 0 aromatic carbocycles. The zero-order chi connectivity index (χ0) is 14.3. The second-order valence-corrected chi connectivity index (χ2v) is 5.57. The molecule has 110 valence electrons. The Morgan fingerprint density at radius 1 is 1.50 bits per heavy atom. The first-order valence-corrected chi connectivity index (χ1v) is 7.39. The highest BCUT2D eigenvalue weighted by atomic mass is 16.5. The van der Waals surface area contributed by atoms with Crippen LogP contribution in [0, 0.1) is 6.92 Å². The average Bonchev–Trinajstić information content (AvgIpc) is 3.03. The van der Waals surface area contributed by atoms with Crippen molar-refractivity contribution in [1.82, 2.24) is 14.7 Å². The number of aryl methyl sites for hydroxylation is 2. The molecule has 1 aliphatic carbocycles. The number of nitrogens with zero attached hydrogens (tertiary/aromatic N) is 3. The van der Waals surface area contributed by atoms with Gasteiger partial charge in [0.2, 0.25) is 0 Å². The summed E-state index contributed by atoms with van der Waals surface area (Å²) in [6.07, 6.45) is 3.40. The molecule has 2 heterocycles. The molecule has 0 radical (unpaired) electrons. The number of nitrogens with two attached hydrogens (primary N) is 1. The summed E-state index contributed by atoms with van der Waals surface area (Å²) in [6.45, 7) is 5.73. The van der Waals surface area contributed by atoms with Gasteiger partial charge >= 0.3 is 0 Å². The van der Waals surface area contributed by atoms with Crippen LogP contribution >= 0.6 is 0 Å². The van der Waals surface area contributed by atoms with Crippen LogP contribution in [-0.2, 0) is 11.3 Å². The summed E-state index contributed by atoms with van der Waals surface area (Å²) >= 11 is 0. The molecule has 0 bridgehead atoms. The number of carbonyl (C=O) groups excluding carboxylic acids is 1. The predicted octanol–water partition coefficient (Wildman–Crippen LogP) is 1.19. The Morgan fingerprint density at radius 2 is 2.30 bits per heavy atom. The van der Waals surface area contributed by atoms with Crippen molar-refractivity contribution in [1.29, 1.82) is 0 Å². The highest BCUT2D eigenvalue weighted by molar-refractivity contribution is 5.98. The molecule has 1 aromatic rings. The van der Waals surface area contributed by atoms with Gasteiger partial charge in [-0.2, -0.15) is 5.10 Å². The van der Waals surface area contributed by atoms with Crippen LogP contribution in [0.3, 0.4) is 0 Å². The number of rotatable bonds is 2. The molecule has 2 aliphatic rings. The van der Waals surface area contributed by atoms with Gasteiger partial charge in [0.25, 0.3) is 5.91 Å². The van der Waals surface area contributed by atoms with E-state index < -0.39 is 0 Å². The number of aromatic nitrogens is 2. The van der Waals surface area contributed by atoms with Crippen molar-refractivity contribution in [2.24, 2.45) is 0 Å². The third kappa shape index (κ3) is 1.98. The maximum atomic E-state index is 12.9. The Hall–Kier alpha value is -1.56. The number of amides is 1. The normalized spacial score (nSPS) is 25.8. The highest BCUT2D eigenvalue weighted by Gasteiger charge is 2.40. The fourth-order valence-electron chi connectivity index (χ4n) is 3.36. The lowest BCUT2D eigenvalue weighted by Crippen LogP contribution is -2.51. The summed E-state index contributed by atoms with van der Waals surface area (Å²) in [6, 6.07) is 0.205. The Labute approximate surface area is 118 Å². The Kier molecular flexibility index (Phi) is 3.41. The van der Waals surface area contributed by atoms with Crippen LogP contribution in [0.4, 0.5) is 5.69 Å². The molecular formula is C14H22N4O2. The highest BCUT2D eigenvalue weighted by Crippen LogP contribution is 2.31. The van der Waals surface area contributed by atoms with Gasteiger partial charge in [-0.15, -0.1) is 0 Å². The van der Waals surface area contributed by atoms with Crippen molar-refractivity contribution in [3.8, 4) is 0 Å². The summed E-state index contributed by atoms with van der Waals surface area (Å²) in [5, 5.41) is 4.34. The summed E-state index contributed by atoms with van der Waals surface area (Å²) in [7, 11) is 0. The molecule has 6 nitrogen and oxygen atoms in total. The third-order valence-electron chi connectivity index (χ3n) is 4.42. The smallest absolute Gasteiger partial charge is 0.274 e. The van der Waals surface area contributed by atoms with Gasteiger partial charge in [0.05, 0.1) is 30.1 Å². The first-order valence-electron chi connectivity index (χ1n) is 7.39. The van der Waals surface area contributed by atoms with Gasteiger partial charge in [-0.3, -0.25) is 9.48 Å². The minimum absolute atomic E-state index is 0.00477. The molecule has 1 amide bonds. The molecule has 2 fully saturated rings. The van der Waals surface area contributed by atoms with Crippen LogP contribution in [-0.4, -0.2) is 45.9 Å². The number of hydrogen-bond acceptors (Lipinski definition) is 4. The van der Waals surface area contributed by atoms with Crippen molar-refractivity contribution < 1.29 is 9.53 Å². The third-order valence-corrected chi connectivity index (χ3v) is 4.42. The first-order chi connectivity index (χ1) is 9.63. The topological polar surface area (TPSA) is 73.4 Å². The van der Waals surface area contributed by atoms with E-state index in [4.69, 9.17) is 10.5 Å². The summed E-state index contributed by atoms with van der Waals surface area (Å²) in [5.41, 5.74) is 7.84. The maximum absolute atomic E-state index is 12.9. The van der Waals surface area contributed by atoms with Gasteiger partial charge < -0.3 is 15.4 Å². The standard InChI is InChI=1S/C14H22N4O2/c1-3-18-13(12(15)9(2)16-18)14(19)17-7-8-20-11-6-4-5-10(11)17/h10-11H,3-8,15H2,1-2H3. The quantitative estimate of drug-likeness (QED) is 0.882. The second-order valence-electron chi connectivity index (χ2n) is 5.57. The fourth-order valence-corrected chi connectivity index (χ4v) is 3.36. The molecule has 20 heavy (non-hydrogen) atoms. The van der Waals surface area contributed by atoms with Crippen LogP contribution in [0.15, 0.2) is 0 Å². The van der Waals surface area contributed by atoms with Crippen molar-refractivity contribution in [2.45, 2.75) is 51.8 Å². The number of nitrogen functional groups attached to an aromatic ring is 1. The lowest BCUT2D eigenvalue weighted by Gasteiger charge is -2.37. The van der Waals surface area contributed by atoms with Crippen molar-refractivity contribution in [3.63, 3.8) is 0 Å². The predicted molar refractivity (Wildman–Crippen MR) is 75.5 cm³/mol. The summed E-state index contributed by atoms with van der Waals surface area (Å²) in [4.78, 5) is 14.8. The molecular weight excluding hydrogens is 256 g/mol. The van der Waals surface area contributed by atoms with Gasteiger partial charge in [-0.25, -0.2) is 0 Å². The first kappa shape index (κ1) is 13.4. The molecule has 1 aliphatic heterocycles. The lowest BCUT2D eigenvalue weighted by molar-refractivity contribution is -0.0448. The van der Waals surface area contributed by atoms with Gasteiger partial charge in [-0.1, -0.05) is 0 Å². The number of carbonyl (C=O) groups is 1. The van der Waals surface area contributed by atoms with E-state index in [0.717, 1.165) is 25.0 Å². The minimum atomic E-state index is 0.00477. The fraction of sp³-hybridized carbons (Fsp3) is 0.714. The van der Waals surface area contributed by atoms with Crippen molar-refractivity contribution >= 4 is 11.6 Å². The number of fused-ring (bicyclic) bond motifs is 1. The number of ether oxygens (including phenoxy) is 1. The Morgan fingerprint density at radius 3 is 3.05 bits per heavy atom. The summed E-state index contributed by atoms with van der Waals surface area (Å²) in [5.74, 6) is 0.00477. The van der Waals surface area contributed by atoms with E-state index in [1.807, 2.05) is 18.7 Å².